The summed E-state index contributed by atoms with van der Waals surface area (Å²) in [5.41, 5.74) is 0.331. The van der Waals surface area contributed by atoms with E-state index in [9.17, 15) is 4.79 Å². The number of hydrogen-bond acceptors (Lipinski definition) is 4. The molecular weight excluding hydrogens is 268 g/mol. The lowest BCUT2D eigenvalue weighted by Crippen LogP contribution is -2.53. The number of carbonyl (C=O) groups is 1. The van der Waals surface area contributed by atoms with Crippen LogP contribution >= 0.6 is 0 Å². The van der Waals surface area contributed by atoms with Crippen molar-refractivity contribution in [2.45, 2.75) is 31.9 Å². The van der Waals surface area contributed by atoms with Crippen molar-refractivity contribution in [3.63, 3.8) is 0 Å². The minimum Gasteiger partial charge on any atom is -0.494 e. The van der Waals surface area contributed by atoms with Crippen LogP contribution in [0.5, 0.6) is 5.75 Å². The van der Waals surface area contributed by atoms with Crippen molar-refractivity contribution in [2.24, 2.45) is 0 Å². The summed E-state index contributed by atoms with van der Waals surface area (Å²) >= 11 is 0. The average molecular weight is 292 g/mol. The molecule has 0 bridgehead atoms. The van der Waals surface area contributed by atoms with Crippen LogP contribution in [-0.4, -0.2) is 38.3 Å². The maximum absolute atomic E-state index is 12.4. The first-order valence-corrected chi connectivity index (χ1v) is 7.46. The lowest BCUT2D eigenvalue weighted by Gasteiger charge is -2.34. The third-order valence-corrected chi connectivity index (χ3v) is 3.88. The Morgan fingerprint density at radius 1 is 1.38 bits per heavy atom. The SMILES string of the molecule is CCOc1cccc(CNC(=O)C2(OC)CCNCC2)c1. The maximum Gasteiger partial charge on any atom is 0.252 e. The van der Waals surface area contributed by atoms with Crippen molar-refractivity contribution in [1.29, 1.82) is 0 Å². The van der Waals surface area contributed by atoms with Gasteiger partial charge in [0.05, 0.1) is 6.61 Å². The minimum atomic E-state index is -0.692. The third kappa shape index (κ3) is 3.95. The topological polar surface area (TPSA) is 59.6 Å². The van der Waals surface area contributed by atoms with E-state index < -0.39 is 5.60 Å². The molecule has 0 spiro atoms. The predicted octanol–water partition coefficient (Wildman–Crippen LogP) is 1.47. The molecule has 2 rings (SSSR count). The Labute approximate surface area is 126 Å². The van der Waals surface area contributed by atoms with Crippen molar-refractivity contribution in [2.75, 3.05) is 26.8 Å². The number of benzene rings is 1. The number of nitrogens with one attached hydrogen (secondary N) is 2. The fourth-order valence-electron chi connectivity index (χ4n) is 2.61. The van der Waals surface area contributed by atoms with Gasteiger partial charge in [-0.25, -0.2) is 0 Å². The zero-order chi connectivity index (χ0) is 15.1. The Morgan fingerprint density at radius 3 is 2.81 bits per heavy atom. The quantitative estimate of drug-likeness (QED) is 0.833. The number of amides is 1. The summed E-state index contributed by atoms with van der Waals surface area (Å²) in [6.45, 7) is 4.68. The van der Waals surface area contributed by atoms with Gasteiger partial charge in [0.1, 0.15) is 11.4 Å². The van der Waals surface area contributed by atoms with Gasteiger partial charge in [0.25, 0.3) is 5.91 Å². The number of carbonyl (C=O) groups excluding carboxylic acids is 1. The van der Waals surface area contributed by atoms with Crippen LogP contribution in [0.3, 0.4) is 0 Å². The summed E-state index contributed by atoms with van der Waals surface area (Å²) in [5.74, 6) is 0.792. The Kier molecular flexibility index (Phi) is 5.59. The van der Waals surface area contributed by atoms with E-state index in [0.29, 0.717) is 26.0 Å². The second kappa shape index (κ2) is 7.43. The monoisotopic (exact) mass is 292 g/mol. The molecule has 5 nitrogen and oxygen atoms in total. The van der Waals surface area contributed by atoms with Crippen molar-refractivity contribution >= 4 is 5.91 Å². The molecule has 0 atom stereocenters. The normalized spacial score (nSPS) is 17.2. The van der Waals surface area contributed by atoms with E-state index in [2.05, 4.69) is 10.6 Å². The van der Waals surface area contributed by atoms with E-state index in [1.165, 1.54) is 0 Å². The summed E-state index contributed by atoms with van der Waals surface area (Å²) in [6.07, 6.45) is 1.41. The summed E-state index contributed by atoms with van der Waals surface area (Å²) in [5, 5.41) is 6.23. The van der Waals surface area contributed by atoms with E-state index >= 15 is 0 Å². The van der Waals surface area contributed by atoms with Gasteiger partial charge in [-0.05, 0) is 50.6 Å². The van der Waals surface area contributed by atoms with Gasteiger partial charge in [0, 0.05) is 13.7 Å². The van der Waals surface area contributed by atoms with E-state index in [0.717, 1.165) is 24.4 Å². The highest BCUT2D eigenvalue weighted by atomic mass is 16.5. The molecule has 0 aromatic heterocycles. The van der Waals surface area contributed by atoms with Gasteiger partial charge in [-0.15, -0.1) is 0 Å². The molecule has 1 heterocycles. The fourth-order valence-corrected chi connectivity index (χ4v) is 2.61. The molecule has 0 saturated carbocycles. The van der Waals surface area contributed by atoms with E-state index in [1.807, 2.05) is 31.2 Å². The highest BCUT2D eigenvalue weighted by Crippen LogP contribution is 2.23. The molecule has 21 heavy (non-hydrogen) atoms. The molecular formula is C16H24N2O3. The van der Waals surface area contributed by atoms with Gasteiger partial charge in [0.15, 0.2) is 0 Å². The molecule has 5 heteroatoms. The van der Waals surface area contributed by atoms with Crippen molar-refractivity contribution in [1.82, 2.24) is 10.6 Å². The molecule has 1 fully saturated rings. The first-order valence-electron chi connectivity index (χ1n) is 7.46. The zero-order valence-corrected chi connectivity index (χ0v) is 12.8. The minimum absolute atomic E-state index is 0.0340. The summed E-state index contributed by atoms with van der Waals surface area (Å²) in [4.78, 5) is 12.4. The molecule has 1 amide bonds. The van der Waals surface area contributed by atoms with Gasteiger partial charge < -0.3 is 20.1 Å². The number of methoxy groups -OCH3 is 1. The second-order valence-electron chi connectivity index (χ2n) is 5.21. The fraction of sp³-hybridized carbons (Fsp3) is 0.562. The maximum atomic E-state index is 12.4. The van der Waals surface area contributed by atoms with Crippen LogP contribution < -0.4 is 15.4 Å². The average Bonchev–Trinajstić information content (AvgIpc) is 2.54. The largest absolute Gasteiger partial charge is 0.494 e. The van der Waals surface area contributed by atoms with Crippen molar-refractivity contribution in [3.05, 3.63) is 29.8 Å². The number of rotatable bonds is 6. The highest BCUT2D eigenvalue weighted by molar-refractivity contribution is 5.85. The van der Waals surface area contributed by atoms with Crippen LogP contribution in [0.15, 0.2) is 24.3 Å². The molecule has 1 aromatic carbocycles. The standard InChI is InChI=1S/C16H24N2O3/c1-3-21-14-6-4-5-13(11-14)12-18-15(19)16(20-2)7-9-17-10-8-16/h4-6,11,17H,3,7-10,12H2,1-2H3,(H,18,19). The lowest BCUT2D eigenvalue weighted by molar-refractivity contribution is -0.146. The van der Waals surface area contributed by atoms with Crippen LogP contribution in [0, 0.1) is 0 Å². The Morgan fingerprint density at radius 2 is 2.14 bits per heavy atom. The van der Waals surface area contributed by atoms with Gasteiger partial charge in [-0.3, -0.25) is 4.79 Å². The lowest BCUT2D eigenvalue weighted by atomic mass is 9.91. The second-order valence-corrected chi connectivity index (χ2v) is 5.21. The first-order chi connectivity index (χ1) is 10.2. The van der Waals surface area contributed by atoms with E-state index in [1.54, 1.807) is 7.11 Å². The number of piperidine rings is 1. The van der Waals surface area contributed by atoms with Crippen molar-refractivity contribution < 1.29 is 14.3 Å². The smallest absolute Gasteiger partial charge is 0.252 e. The zero-order valence-electron chi connectivity index (χ0n) is 12.8. The Hall–Kier alpha value is -1.59. The van der Waals surface area contributed by atoms with Crippen molar-refractivity contribution in [3.8, 4) is 5.75 Å². The summed E-state index contributed by atoms with van der Waals surface area (Å²) < 4.78 is 11.0. The summed E-state index contributed by atoms with van der Waals surface area (Å²) in [6, 6.07) is 7.78. The molecule has 1 aliphatic rings. The van der Waals surface area contributed by atoms with Gasteiger partial charge in [-0.2, -0.15) is 0 Å². The molecule has 1 saturated heterocycles. The van der Waals surface area contributed by atoms with Crippen LogP contribution in [0.4, 0.5) is 0 Å². The van der Waals surface area contributed by atoms with E-state index in [4.69, 9.17) is 9.47 Å². The molecule has 1 aliphatic heterocycles. The van der Waals surface area contributed by atoms with Gasteiger partial charge in [-0.1, -0.05) is 12.1 Å². The molecule has 0 unspecified atom stereocenters. The van der Waals surface area contributed by atoms with Crippen LogP contribution in [0.25, 0.3) is 0 Å². The Balaban J connectivity index is 1.95. The molecule has 116 valence electrons. The number of ether oxygens (including phenoxy) is 2. The predicted molar refractivity (Wildman–Crippen MR) is 81.3 cm³/mol. The highest BCUT2D eigenvalue weighted by Gasteiger charge is 2.39. The molecule has 0 radical (unpaired) electrons. The van der Waals surface area contributed by atoms with Crippen LogP contribution in [0.2, 0.25) is 0 Å². The van der Waals surface area contributed by atoms with Gasteiger partial charge in [0.2, 0.25) is 0 Å². The molecule has 1 aromatic rings. The van der Waals surface area contributed by atoms with Crippen LogP contribution in [0.1, 0.15) is 25.3 Å². The van der Waals surface area contributed by atoms with Gasteiger partial charge >= 0.3 is 0 Å². The first kappa shape index (κ1) is 15.8. The van der Waals surface area contributed by atoms with E-state index in [-0.39, 0.29) is 5.91 Å². The van der Waals surface area contributed by atoms with Crippen LogP contribution in [-0.2, 0) is 16.1 Å². The third-order valence-electron chi connectivity index (χ3n) is 3.88. The number of hydrogen-bond donors (Lipinski definition) is 2. The molecule has 0 aliphatic carbocycles. The molecule has 2 N–H and O–H groups in total. The Bertz CT molecular complexity index is 470. The summed E-state index contributed by atoms with van der Waals surface area (Å²) in [7, 11) is 1.61.